The Morgan fingerprint density at radius 2 is 2.18 bits per heavy atom. The molecule has 1 unspecified atom stereocenters. The van der Waals surface area contributed by atoms with Crippen LogP contribution in [-0.4, -0.2) is 30.4 Å². The van der Waals surface area contributed by atoms with Gasteiger partial charge in [-0.2, -0.15) is 9.50 Å². The highest BCUT2D eigenvalue weighted by Crippen LogP contribution is 2.24. The number of aryl methyl sites for hydroxylation is 1. The molecule has 0 amide bonds. The van der Waals surface area contributed by atoms with E-state index in [2.05, 4.69) is 15.1 Å². The van der Waals surface area contributed by atoms with Crippen molar-refractivity contribution >= 4 is 29.1 Å². The third kappa shape index (κ3) is 2.48. The van der Waals surface area contributed by atoms with E-state index >= 15 is 0 Å². The quantitative estimate of drug-likeness (QED) is 0.542. The molecule has 0 aliphatic carbocycles. The van der Waals surface area contributed by atoms with Crippen LogP contribution >= 0.6 is 23.4 Å². The van der Waals surface area contributed by atoms with Gasteiger partial charge in [0.15, 0.2) is 0 Å². The Hall–Kier alpha value is -1.93. The number of alkyl halides is 1. The molecular weight excluding hydrogens is 329 g/mol. The lowest BCUT2D eigenvalue weighted by Gasteiger charge is -2.16. The Kier molecular flexibility index (Phi) is 3.88. The normalized spacial score (nSPS) is 12.7. The summed E-state index contributed by atoms with van der Waals surface area (Å²) < 4.78 is 17.3. The first kappa shape index (κ1) is 15.0. The van der Waals surface area contributed by atoms with Crippen LogP contribution in [0.2, 0.25) is 5.15 Å². The molecule has 3 aromatic rings. The summed E-state index contributed by atoms with van der Waals surface area (Å²) in [5.74, 6) is 0.150. The number of thioether (sulfide) groups is 1. The molecule has 3 heterocycles. The lowest BCUT2D eigenvalue weighted by atomic mass is 10.2. The molecule has 1 atom stereocenters. The van der Waals surface area contributed by atoms with Gasteiger partial charge in [-0.1, -0.05) is 23.4 Å². The van der Waals surface area contributed by atoms with E-state index in [-0.39, 0.29) is 16.5 Å². The largest absolute Gasteiger partial charge is 0.279 e. The molecule has 0 aliphatic heterocycles. The molecule has 114 valence electrons. The van der Waals surface area contributed by atoms with Crippen molar-refractivity contribution in [2.24, 2.45) is 0 Å². The van der Waals surface area contributed by atoms with Gasteiger partial charge in [0.25, 0.3) is 5.56 Å². The van der Waals surface area contributed by atoms with E-state index in [0.717, 1.165) is 4.52 Å². The molecule has 3 aromatic heterocycles. The van der Waals surface area contributed by atoms with E-state index in [4.69, 9.17) is 11.6 Å². The second-order valence-electron chi connectivity index (χ2n) is 4.55. The molecule has 0 N–H and O–H groups in total. The molecule has 0 saturated heterocycles. The molecule has 0 bridgehead atoms. The molecule has 0 spiro atoms. The molecule has 0 saturated carbocycles. The summed E-state index contributed by atoms with van der Waals surface area (Å²) in [5, 5.41) is 4.74. The van der Waals surface area contributed by atoms with Gasteiger partial charge in [-0.3, -0.25) is 9.36 Å². The van der Waals surface area contributed by atoms with Crippen molar-refractivity contribution in [3.05, 3.63) is 51.2 Å². The van der Waals surface area contributed by atoms with Crippen molar-refractivity contribution < 1.29 is 4.39 Å². The van der Waals surface area contributed by atoms with E-state index < -0.39 is 6.30 Å². The fourth-order valence-electron chi connectivity index (χ4n) is 2.10. The molecule has 0 fully saturated rings. The predicted molar refractivity (Wildman–Crippen MR) is 82.3 cm³/mol. The van der Waals surface area contributed by atoms with Crippen molar-refractivity contribution in [2.45, 2.75) is 18.4 Å². The fourth-order valence-corrected chi connectivity index (χ4v) is 2.55. The number of aromatic nitrogens is 5. The molecule has 6 nitrogen and oxygen atoms in total. The lowest BCUT2D eigenvalue weighted by Crippen LogP contribution is -2.22. The summed E-state index contributed by atoms with van der Waals surface area (Å²) in [6.45, 7) is 1.64. The zero-order chi connectivity index (χ0) is 15.9. The number of nitrogens with zero attached hydrogens (tertiary/aromatic N) is 5. The van der Waals surface area contributed by atoms with Crippen LogP contribution in [0.25, 0.3) is 5.78 Å². The van der Waals surface area contributed by atoms with Crippen LogP contribution in [0.1, 0.15) is 17.6 Å². The minimum Gasteiger partial charge on any atom is -0.279 e. The smallest absolute Gasteiger partial charge is 0.275 e. The van der Waals surface area contributed by atoms with E-state index in [1.807, 2.05) is 0 Å². The van der Waals surface area contributed by atoms with Gasteiger partial charge in [0.05, 0.1) is 0 Å². The Morgan fingerprint density at radius 1 is 1.41 bits per heavy atom. The van der Waals surface area contributed by atoms with Gasteiger partial charge in [-0.25, -0.2) is 9.37 Å². The number of halogens is 2. The van der Waals surface area contributed by atoms with Gasteiger partial charge in [-0.15, -0.1) is 5.10 Å². The average Bonchev–Trinajstić information content (AvgIpc) is 2.92. The summed E-state index contributed by atoms with van der Waals surface area (Å²) >= 11 is 7.00. The lowest BCUT2D eigenvalue weighted by molar-refractivity contribution is 0.292. The first-order valence-corrected chi connectivity index (χ1v) is 7.90. The van der Waals surface area contributed by atoms with Crippen LogP contribution in [0.5, 0.6) is 0 Å². The Morgan fingerprint density at radius 3 is 2.82 bits per heavy atom. The van der Waals surface area contributed by atoms with Crippen molar-refractivity contribution in [3.8, 4) is 0 Å². The average molecular weight is 340 g/mol. The standard InChI is InChI=1S/C13H11ClFN5OS/c1-7-5-10(21)20-13(17-12(18-20)22-2)19(7)11(15)8-3-4-9(14)16-6-8/h3-6,11H,1-2H3. The maximum Gasteiger partial charge on any atom is 0.275 e. The number of fused-ring (bicyclic) bond motifs is 1. The Labute approximate surface area is 134 Å². The predicted octanol–water partition coefficient (Wildman–Crippen LogP) is 2.49. The number of rotatable bonds is 3. The van der Waals surface area contributed by atoms with E-state index in [0.29, 0.717) is 16.4 Å². The monoisotopic (exact) mass is 339 g/mol. The molecule has 0 aliphatic rings. The fraction of sp³-hybridized carbons (Fsp3) is 0.231. The van der Waals surface area contributed by atoms with Crippen LogP contribution in [0.15, 0.2) is 34.3 Å². The molecule has 0 radical (unpaired) electrons. The number of hydrogen-bond donors (Lipinski definition) is 0. The second-order valence-corrected chi connectivity index (χ2v) is 5.71. The van der Waals surface area contributed by atoms with E-state index in [9.17, 15) is 9.18 Å². The maximum absolute atomic E-state index is 14.9. The molecule has 9 heteroatoms. The van der Waals surface area contributed by atoms with Crippen molar-refractivity contribution in [1.29, 1.82) is 0 Å². The van der Waals surface area contributed by atoms with Gasteiger partial charge < -0.3 is 0 Å². The van der Waals surface area contributed by atoms with Gasteiger partial charge >= 0.3 is 0 Å². The summed E-state index contributed by atoms with van der Waals surface area (Å²) in [6.07, 6.45) is 1.59. The van der Waals surface area contributed by atoms with E-state index in [1.54, 1.807) is 19.2 Å². The van der Waals surface area contributed by atoms with Crippen LogP contribution in [0.3, 0.4) is 0 Å². The highest BCUT2D eigenvalue weighted by atomic mass is 35.5. The summed E-state index contributed by atoms with van der Waals surface area (Å²) in [5.41, 5.74) is 0.407. The second kappa shape index (κ2) is 5.69. The maximum atomic E-state index is 14.9. The number of hydrogen-bond acceptors (Lipinski definition) is 5. The third-order valence-electron chi connectivity index (χ3n) is 3.14. The highest BCUT2D eigenvalue weighted by Gasteiger charge is 2.20. The Balaban J connectivity index is 2.23. The minimum absolute atomic E-state index is 0.150. The number of pyridine rings is 1. The third-order valence-corrected chi connectivity index (χ3v) is 3.90. The highest BCUT2D eigenvalue weighted by molar-refractivity contribution is 7.98. The Bertz CT molecular complexity index is 892. The summed E-state index contributed by atoms with van der Waals surface area (Å²) in [4.78, 5) is 20.1. The van der Waals surface area contributed by atoms with Crippen molar-refractivity contribution in [2.75, 3.05) is 6.26 Å². The van der Waals surface area contributed by atoms with Gasteiger partial charge in [-0.05, 0) is 25.3 Å². The van der Waals surface area contributed by atoms with Gasteiger partial charge in [0, 0.05) is 23.5 Å². The van der Waals surface area contributed by atoms with Crippen LogP contribution in [-0.2, 0) is 0 Å². The molecule has 0 aromatic carbocycles. The molecular formula is C13H11ClFN5OS. The first-order chi connectivity index (χ1) is 10.5. The zero-order valence-electron chi connectivity index (χ0n) is 11.7. The van der Waals surface area contributed by atoms with Gasteiger partial charge in [0.2, 0.25) is 17.2 Å². The van der Waals surface area contributed by atoms with Crippen molar-refractivity contribution in [1.82, 2.24) is 24.1 Å². The first-order valence-electron chi connectivity index (χ1n) is 6.29. The molecule has 3 rings (SSSR count). The molecule has 22 heavy (non-hydrogen) atoms. The zero-order valence-corrected chi connectivity index (χ0v) is 13.3. The minimum atomic E-state index is -1.55. The van der Waals surface area contributed by atoms with Crippen LogP contribution in [0.4, 0.5) is 4.39 Å². The van der Waals surface area contributed by atoms with E-state index in [1.165, 1.54) is 34.7 Å². The van der Waals surface area contributed by atoms with Gasteiger partial charge in [0.1, 0.15) is 5.15 Å². The summed E-state index contributed by atoms with van der Waals surface area (Å²) in [6, 6.07) is 4.37. The topological polar surface area (TPSA) is 65.1 Å². The SMILES string of the molecule is CSc1nc2n(C(F)c3ccc(Cl)nc3)c(C)cc(=O)n2n1. The van der Waals surface area contributed by atoms with Crippen LogP contribution in [0, 0.1) is 6.92 Å². The van der Waals surface area contributed by atoms with Crippen LogP contribution < -0.4 is 5.56 Å². The summed E-state index contributed by atoms with van der Waals surface area (Å²) in [7, 11) is 0. The van der Waals surface area contributed by atoms with Crippen molar-refractivity contribution in [3.63, 3.8) is 0 Å².